The zero-order valence-electron chi connectivity index (χ0n) is 14.0. The molecule has 0 saturated carbocycles. The standard InChI is InChI=1S/C18H17FN6O/c19-14-1-3-15(4-2-14)25-13-21-11-16(25)18(26)24-9-7-23(8-10-24)17-12-20-5-6-22-17/h1-6,11-13H,7-10H2. The molecule has 1 saturated heterocycles. The molecule has 1 aliphatic rings. The Morgan fingerprint density at radius 1 is 0.962 bits per heavy atom. The maximum Gasteiger partial charge on any atom is 0.272 e. The highest BCUT2D eigenvalue weighted by Crippen LogP contribution is 2.17. The van der Waals surface area contributed by atoms with Crippen LogP contribution >= 0.6 is 0 Å². The van der Waals surface area contributed by atoms with Gasteiger partial charge in [-0.25, -0.2) is 14.4 Å². The third-order valence-corrected chi connectivity index (χ3v) is 4.40. The molecule has 8 heteroatoms. The number of amides is 1. The molecule has 1 fully saturated rings. The van der Waals surface area contributed by atoms with E-state index >= 15 is 0 Å². The van der Waals surface area contributed by atoms with Crippen molar-refractivity contribution in [2.45, 2.75) is 0 Å². The van der Waals surface area contributed by atoms with Crippen LogP contribution in [0.25, 0.3) is 5.69 Å². The van der Waals surface area contributed by atoms with E-state index in [0.29, 0.717) is 37.6 Å². The fourth-order valence-electron chi connectivity index (χ4n) is 3.02. The SMILES string of the molecule is O=C(c1cncn1-c1ccc(F)cc1)N1CCN(c2cnccn2)CC1. The van der Waals surface area contributed by atoms with E-state index in [1.54, 1.807) is 52.7 Å². The molecule has 0 atom stereocenters. The summed E-state index contributed by atoms with van der Waals surface area (Å²) in [7, 11) is 0. The molecule has 0 N–H and O–H groups in total. The van der Waals surface area contributed by atoms with Crippen LogP contribution in [-0.4, -0.2) is 56.5 Å². The molecule has 7 nitrogen and oxygen atoms in total. The number of anilines is 1. The van der Waals surface area contributed by atoms with E-state index in [1.165, 1.54) is 12.1 Å². The summed E-state index contributed by atoms with van der Waals surface area (Å²) < 4.78 is 14.8. The number of aromatic nitrogens is 4. The second-order valence-corrected chi connectivity index (χ2v) is 5.97. The number of hydrogen-bond acceptors (Lipinski definition) is 5. The predicted octanol–water partition coefficient (Wildman–Crippen LogP) is 1.76. The quantitative estimate of drug-likeness (QED) is 0.719. The second-order valence-electron chi connectivity index (χ2n) is 5.97. The maximum absolute atomic E-state index is 13.1. The number of piperazine rings is 1. The maximum atomic E-state index is 13.1. The number of carbonyl (C=O) groups is 1. The van der Waals surface area contributed by atoms with Crippen LogP contribution < -0.4 is 4.90 Å². The monoisotopic (exact) mass is 352 g/mol. The zero-order chi connectivity index (χ0) is 17.9. The van der Waals surface area contributed by atoms with Gasteiger partial charge in [0, 0.05) is 44.3 Å². The Morgan fingerprint density at radius 3 is 2.42 bits per heavy atom. The number of rotatable bonds is 3. The van der Waals surface area contributed by atoms with Crippen molar-refractivity contribution >= 4 is 11.7 Å². The summed E-state index contributed by atoms with van der Waals surface area (Å²) in [4.78, 5) is 29.3. The molecule has 0 spiro atoms. The van der Waals surface area contributed by atoms with E-state index in [2.05, 4.69) is 19.9 Å². The van der Waals surface area contributed by atoms with E-state index in [9.17, 15) is 9.18 Å². The smallest absolute Gasteiger partial charge is 0.272 e. The van der Waals surface area contributed by atoms with Crippen LogP contribution in [0.15, 0.2) is 55.4 Å². The molecule has 132 valence electrons. The Balaban J connectivity index is 1.48. The molecular weight excluding hydrogens is 335 g/mol. The molecule has 1 aliphatic heterocycles. The van der Waals surface area contributed by atoms with Gasteiger partial charge in [-0.15, -0.1) is 0 Å². The van der Waals surface area contributed by atoms with Crippen molar-refractivity contribution in [2.24, 2.45) is 0 Å². The largest absolute Gasteiger partial charge is 0.352 e. The van der Waals surface area contributed by atoms with Gasteiger partial charge >= 0.3 is 0 Å². The first-order valence-electron chi connectivity index (χ1n) is 8.31. The van der Waals surface area contributed by atoms with Crippen LogP contribution in [0.3, 0.4) is 0 Å². The van der Waals surface area contributed by atoms with E-state index < -0.39 is 0 Å². The van der Waals surface area contributed by atoms with Gasteiger partial charge in [0.25, 0.3) is 5.91 Å². The molecule has 0 bridgehead atoms. The minimum Gasteiger partial charge on any atom is -0.352 e. The van der Waals surface area contributed by atoms with Crippen molar-refractivity contribution in [1.82, 2.24) is 24.4 Å². The van der Waals surface area contributed by atoms with E-state index in [0.717, 1.165) is 5.82 Å². The van der Waals surface area contributed by atoms with E-state index in [1.807, 2.05) is 0 Å². The van der Waals surface area contributed by atoms with Crippen molar-refractivity contribution in [3.8, 4) is 5.69 Å². The first-order valence-corrected chi connectivity index (χ1v) is 8.31. The van der Waals surface area contributed by atoms with Crippen LogP contribution in [0.5, 0.6) is 0 Å². The molecule has 3 aromatic rings. The summed E-state index contributed by atoms with van der Waals surface area (Å²) in [6.45, 7) is 2.55. The minimum atomic E-state index is -0.318. The van der Waals surface area contributed by atoms with E-state index in [-0.39, 0.29) is 11.7 Å². The zero-order valence-corrected chi connectivity index (χ0v) is 14.0. The topological polar surface area (TPSA) is 67.2 Å². The average molecular weight is 352 g/mol. The first kappa shape index (κ1) is 16.2. The Morgan fingerprint density at radius 2 is 1.73 bits per heavy atom. The van der Waals surface area contributed by atoms with E-state index in [4.69, 9.17) is 0 Å². The lowest BCUT2D eigenvalue weighted by Gasteiger charge is -2.35. The third kappa shape index (κ3) is 3.13. The summed E-state index contributed by atoms with van der Waals surface area (Å²) >= 11 is 0. The molecule has 1 amide bonds. The summed E-state index contributed by atoms with van der Waals surface area (Å²) in [5, 5.41) is 0. The Kier molecular flexibility index (Phi) is 4.30. The summed E-state index contributed by atoms with van der Waals surface area (Å²) in [5.74, 6) is 0.406. The van der Waals surface area contributed by atoms with Crippen molar-refractivity contribution in [3.05, 3.63) is 66.9 Å². The molecule has 1 aromatic carbocycles. The molecule has 0 aliphatic carbocycles. The molecule has 0 unspecified atom stereocenters. The van der Waals surface area contributed by atoms with Crippen molar-refractivity contribution < 1.29 is 9.18 Å². The average Bonchev–Trinajstić information content (AvgIpc) is 3.19. The second kappa shape index (κ2) is 6.91. The normalized spacial score (nSPS) is 14.5. The minimum absolute atomic E-state index is 0.0920. The summed E-state index contributed by atoms with van der Waals surface area (Å²) in [6.07, 6.45) is 8.13. The number of imidazole rings is 1. The molecule has 2 aromatic heterocycles. The molecule has 3 heterocycles. The third-order valence-electron chi connectivity index (χ3n) is 4.40. The summed E-state index contributed by atoms with van der Waals surface area (Å²) in [6, 6.07) is 5.98. The molecule has 0 radical (unpaired) electrons. The lowest BCUT2D eigenvalue weighted by molar-refractivity contribution is 0.0738. The first-order chi connectivity index (χ1) is 12.7. The van der Waals surface area contributed by atoms with Crippen molar-refractivity contribution in [3.63, 3.8) is 0 Å². The number of carbonyl (C=O) groups excluding carboxylic acids is 1. The van der Waals surface area contributed by atoms with Gasteiger partial charge in [0.2, 0.25) is 0 Å². The van der Waals surface area contributed by atoms with Crippen LogP contribution in [0.2, 0.25) is 0 Å². The Bertz CT molecular complexity index is 888. The number of nitrogens with zero attached hydrogens (tertiary/aromatic N) is 6. The van der Waals surface area contributed by atoms with Gasteiger partial charge in [-0.2, -0.15) is 0 Å². The van der Waals surface area contributed by atoms with Gasteiger partial charge in [0.05, 0.1) is 18.7 Å². The number of hydrogen-bond donors (Lipinski definition) is 0. The van der Waals surface area contributed by atoms with Crippen LogP contribution in [0, 0.1) is 5.82 Å². The van der Waals surface area contributed by atoms with Gasteiger partial charge in [-0.3, -0.25) is 14.3 Å². The van der Waals surface area contributed by atoms with Crippen molar-refractivity contribution in [1.29, 1.82) is 0 Å². The van der Waals surface area contributed by atoms with Gasteiger partial charge in [0.15, 0.2) is 0 Å². The van der Waals surface area contributed by atoms with Gasteiger partial charge in [-0.05, 0) is 24.3 Å². The molecule has 4 rings (SSSR count). The lowest BCUT2D eigenvalue weighted by Crippen LogP contribution is -2.49. The lowest BCUT2D eigenvalue weighted by atomic mass is 10.2. The highest BCUT2D eigenvalue weighted by atomic mass is 19.1. The highest BCUT2D eigenvalue weighted by molar-refractivity contribution is 5.93. The fourth-order valence-corrected chi connectivity index (χ4v) is 3.02. The Hall–Kier alpha value is -3.29. The van der Waals surface area contributed by atoms with Gasteiger partial charge in [0.1, 0.15) is 17.3 Å². The van der Waals surface area contributed by atoms with Crippen LogP contribution in [0.1, 0.15) is 10.5 Å². The highest BCUT2D eigenvalue weighted by Gasteiger charge is 2.25. The van der Waals surface area contributed by atoms with Crippen molar-refractivity contribution in [2.75, 3.05) is 31.1 Å². The molecular formula is C18H17FN6O. The van der Waals surface area contributed by atoms with Gasteiger partial charge in [-0.1, -0.05) is 0 Å². The number of halogens is 1. The van der Waals surface area contributed by atoms with Crippen LogP contribution in [0.4, 0.5) is 10.2 Å². The fraction of sp³-hybridized carbons (Fsp3) is 0.222. The predicted molar refractivity (Wildman–Crippen MR) is 93.7 cm³/mol. The van der Waals surface area contributed by atoms with Crippen LogP contribution in [-0.2, 0) is 0 Å². The van der Waals surface area contributed by atoms with Gasteiger partial charge < -0.3 is 9.80 Å². The summed E-state index contributed by atoms with van der Waals surface area (Å²) in [5.41, 5.74) is 1.16. The molecule has 26 heavy (non-hydrogen) atoms. The Labute approximate surface area is 149 Å². The number of benzene rings is 1.